The van der Waals surface area contributed by atoms with Crippen molar-refractivity contribution in [2.45, 2.75) is 19.8 Å². The topological polar surface area (TPSA) is 56.8 Å². The maximum atomic E-state index is 11.9. The average Bonchev–Trinajstić information content (AvgIpc) is 2.65. The van der Waals surface area contributed by atoms with Crippen LogP contribution in [0.2, 0.25) is 0 Å². The SMILES string of the molecule is CCOc1ccccc1CCCNC(=O)COc1ccccc1OC. The van der Waals surface area contributed by atoms with Crippen LogP contribution in [0, 0.1) is 0 Å². The van der Waals surface area contributed by atoms with Gasteiger partial charge in [-0.05, 0) is 43.5 Å². The molecule has 0 heterocycles. The second kappa shape index (κ2) is 10.2. The Kier molecular flexibility index (Phi) is 7.63. The van der Waals surface area contributed by atoms with Gasteiger partial charge in [-0.15, -0.1) is 0 Å². The Morgan fingerprint density at radius 3 is 2.36 bits per heavy atom. The molecule has 0 aliphatic rings. The van der Waals surface area contributed by atoms with Crippen LogP contribution in [0.1, 0.15) is 18.9 Å². The zero-order valence-electron chi connectivity index (χ0n) is 14.8. The van der Waals surface area contributed by atoms with Crippen LogP contribution in [0.4, 0.5) is 0 Å². The molecule has 0 saturated carbocycles. The third kappa shape index (κ3) is 6.03. The second-order valence-electron chi connectivity index (χ2n) is 5.43. The zero-order chi connectivity index (χ0) is 17.9. The molecule has 5 nitrogen and oxygen atoms in total. The Morgan fingerprint density at radius 1 is 0.960 bits per heavy atom. The molecule has 2 aromatic carbocycles. The molecule has 0 aliphatic heterocycles. The molecule has 1 amide bonds. The van der Waals surface area contributed by atoms with Crippen molar-refractivity contribution in [3.8, 4) is 17.2 Å². The van der Waals surface area contributed by atoms with Crippen molar-refractivity contribution >= 4 is 5.91 Å². The standard InChI is InChI=1S/C20H25NO4/c1-3-24-17-11-5-4-9-16(17)10-8-14-21-20(22)15-25-19-13-7-6-12-18(19)23-2/h4-7,9,11-13H,3,8,10,14-15H2,1-2H3,(H,21,22). The molecular formula is C20H25NO4. The van der Waals surface area contributed by atoms with Gasteiger partial charge in [0, 0.05) is 6.54 Å². The molecule has 25 heavy (non-hydrogen) atoms. The summed E-state index contributed by atoms with van der Waals surface area (Å²) in [5, 5.41) is 2.87. The summed E-state index contributed by atoms with van der Waals surface area (Å²) in [6.45, 7) is 3.18. The highest BCUT2D eigenvalue weighted by molar-refractivity contribution is 5.77. The van der Waals surface area contributed by atoms with Crippen molar-refractivity contribution in [3.05, 3.63) is 54.1 Å². The summed E-state index contributed by atoms with van der Waals surface area (Å²) in [6.07, 6.45) is 1.69. The van der Waals surface area contributed by atoms with Gasteiger partial charge in [0.2, 0.25) is 0 Å². The van der Waals surface area contributed by atoms with Crippen LogP contribution >= 0.6 is 0 Å². The van der Waals surface area contributed by atoms with Crippen molar-refractivity contribution < 1.29 is 19.0 Å². The molecule has 0 bridgehead atoms. The summed E-state index contributed by atoms with van der Waals surface area (Å²) in [5.41, 5.74) is 1.16. The summed E-state index contributed by atoms with van der Waals surface area (Å²) in [5.74, 6) is 1.94. The molecule has 0 aromatic heterocycles. The first-order chi connectivity index (χ1) is 12.2. The van der Waals surface area contributed by atoms with E-state index in [0.29, 0.717) is 24.7 Å². The van der Waals surface area contributed by atoms with Gasteiger partial charge in [-0.25, -0.2) is 0 Å². The maximum absolute atomic E-state index is 11.9. The highest BCUT2D eigenvalue weighted by atomic mass is 16.5. The lowest BCUT2D eigenvalue weighted by Gasteiger charge is -2.11. The van der Waals surface area contributed by atoms with E-state index in [-0.39, 0.29) is 12.5 Å². The van der Waals surface area contributed by atoms with E-state index in [9.17, 15) is 4.79 Å². The summed E-state index contributed by atoms with van der Waals surface area (Å²) in [7, 11) is 1.57. The molecule has 0 radical (unpaired) electrons. The molecule has 2 aromatic rings. The van der Waals surface area contributed by atoms with E-state index < -0.39 is 0 Å². The van der Waals surface area contributed by atoms with Gasteiger partial charge >= 0.3 is 0 Å². The van der Waals surface area contributed by atoms with Gasteiger partial charge in [-0.3, -0.25) is 4.79 Å². The van der Waals surface area contributed by atoms with E-state index in [1.807, 2.05) is 37.3 Å². The van der Waals surface area contributed by atoms with Gasteiger partial charge in [0.15, 0.2) is 18.1 Å². The molecular weight excluding hydrogens is 318 g/mol. The Balaban J connectivity index is 1.70. The number of rotatable bonds is 10. The van der Waals surface area contributed by atoms with Crippen LogP contribution in [0.25, 0.3) is 0 Å². The Labute approximate surface area is 148 Å². The van der Waals surface area contributed by atoms with E-state index in [1.54, 1.807) is 19.2 Å². The van der Waals surface area contributed by atoms with Crippen molar-refractivity contribution in [1.82, 2.24) is 5.32 Å². The van der Waals surface area contributed by atoms with Crippen molar-refractivity contribution in [1.29, 1.82) is 0 Å². The third-order valence-corrected chi connectivity index (χ3v) is 3.65. The van der Waals surface area contributed by atoms with Gasteiger partial charge in [-0.2, -0.15) is 0 Å². The smallest absolute Gasteiger partial charge is 0.257 e. The number of aryl methyl sites for hydroxylation is 1. The fourth-order valence-electron chi connectivity index (χ4n) is 2.45. The van der Waals surface area contributed by atoms with Crippen molar-refractivity contribution in [2.24, 2.45) is 0 Å². The number of carbonyl (C=O) groups excluding carboxylic acids is 1. The van der Waals surface area contributed by atoms with Gasteiger partial charge in [0.1, 0.15) is 5.75 Å². The molecule has 0 spiro atoms. The molecule has 0 aliphatic carbocycles. The maximum Gasteiger partial charge on any atom is 0.257 e. The molecule has 0 unspecified atom stereocenters. The zero-order valence-corrected chi connectivity index (χ0v) is 14.8. The number of hydrogen-bond donors (Lipinski definition) is 1. The molecule has 5 heteroatoms. The largest absolute Gasteiger partial charge is 0.494 e. The fraction of sp³-hybridized carbons (Fsp3) is 0.350. The number of nitrogens with one attached hydrogen (secondary N) is 1. The highest BCUT2D eigenvalue weighted by Crippen LogP contribution is 2.25. The van der Waals surface area contributed by atoms with Crippen LogP contribution in [0.3, 0.4) is 0 Å². The number of benzene rings is 2. The third-order valence-electron chi connectivity index (χ3n) is 3.65. The van der Waals surface area contributed by atoms with Gasteiger partial charge in [-0.1, -0.05) is 30.3 Å². The summed E-state index contributed by atoms with van der Waals surface area (Å²) >= 11 is 0. The minimum atomic E-state index is -0.149. The van der Waals surface area contributed by atoms with Gasteiger partial charge in [0.05, 0.1) is 13.7 Å². The summed E-state index contributed by atoms with van der Waals surface area (Å²) < 4.78 is 16.3. The van der Waals surface area contributed by atoms with E-state index >= 15 is 0 Å². The fourth-order valence-corrected chi connectivity index (χ4v) is 2.45. The quantitative estimate of drug-likeness (QED) is 0.673. The first-order valence-corrected chi connectivity index (χ1v) is 8.47. The number of amides is 1. The number of ether oxygens (including phenoxy) is 3. The Morgan fingerprint density at radius 2 is 1.64 bits per heavy atom. The number of methoxy groups -OCH3 is 1. The Bertz CT molecular complexity index is 672. The van der Waals surface area contributed by atoms with Crippen molar-refractivity contribution in [2.75, 3.05) is 26.9 Å². The number of carbonyl (C=O) groups is 1. The number of para-hydroxylation sites is 3. The second-order valence-corrected chi connectivity index (χ2v) is 5.43. The van der Waals surface area contributed by atoms with Crippen LogP contribution in [-0.2, 0) is 11.2 Å². The average molecular weight is 343 g/mol. The molecule has 0 atom stereocenters. The monoisotopic (exact) mass is 343 g/mol. The predicted octanol–water partition coefficient (Wildman–Crippen LogP) is 3.22. The van der Waals surface area contributed by atoms with Crippen LogP contribution in [0.15, 0.2) is 48.5 Å². The summed E-state index contributed by atoms with van der Waals surface area (Å²) in [4.78, 5) is 11.9. The van der Waals surface area contributed by atoms with Crippen LogP contribution < -0.4 is 19.5 Å². The molecule has 2 rings (SSSR count). The van der Waals surface area contributed by atoms with E-state index in [1.165, 1.54) is 0 Å². The Hall–Kier alpha value is -2.69. The predicted molar refractivity (Wildman–Crippen MR) is 97.4 cm³/mol. The van der Waals surface area contributed by atoms with Gasteiger partial charge in [0.25, 0.3) is 5.91 Å². The van der Waals surface area contributed by atoms with E-state index in [4.69, 9.17) is 14.2 Å². The lowest BCUT2D eigenvalue weighted by molar-refractivity contribution is -0.123. The van der Waals surface area contributed by atoms with Crippen molar-refractivity contribution in [3.63, 3.8) is 0 Å². The molecule has 0 fully saturated rings. The molecule has 0 saturated heterocycles. The van der Waals surface area contributed by atoms with Crippen LogP contribution in [-0.4, -0.2) is 32.8 Å². The first-order valence-electron chi connectivity index (χ1n) is 8.47. The lowest BCUT2D eigenvalue weighted by Crippen LogP contribution is -2.30. The normalized spacial score (nSPS) is 10.2. The van der Waals surface area contributed by atoms with Crippen LogP contribution in [0.5, 0.6) is 17.2 Å². The first kappa shape index (κ1) is 18.6. The molecule has 1 N–H and O–H groups in total. The van der Waals surface area contributed by atoms with E-state index in [2.05, 4.69) is 11.4 Å². The van der Waals surface area contributed by atoms with Gasteiger partial charge < -0.3 is 19.5 Å². The summed E-state index contributed by atoms with van der Waals surface area (Å²) in [6, 6.07) is 15.2. The highest BCUT2D eigenvalue weighted by Gasteiger charge is 2.07. The lowest BCUT2D eigenvalue weighted by atomic mass is 10.1. The minimum Gasteiger partial charge on any atom is -0.494 e. The molecule has 134 valence electrons. The van der Waals surface area contributed by atoms with E-state index in [0.717, 1.165) is 24.2 Å². The minimum absolute atomic E-state index is 0.0318. The number of hydrogen-bond acceptors (Lipinski definition) is 4.